The largest absolute Gasteiger partial charge is 0.453 e. The SMILES string of the molecule is CC.CC.COC(=O)Nc1ccccc1.c1ccccc1. The lowest BCUT2D eigenvalue weighted by Gasteiger charge is -2.01. The number of hydrogen-bond donors (Lipinski definition) is 1. The van der Waals surface area contributed by atoms with Crippen molar-refractivity contribution in [1.82, 2.24) is 0 Å². The summed E-state index contributed by atoms with van der Waals surface area (Å²) in [6.45, 7) is 8.00. The quantitative estimate of drug-likeness (QED) is 0.741. The molecule has 1 N–H and O–H groups in total. The minimum atomic E-state index is -0.448. The van der Waals surface area contributed by atoms with Gasteiger partial charge in [-0.25, -0.2) is 4.79 Å². The van der Waals surface area contributed by atoms with Crippen LogP contribution in [0.25, 0.3) is 0 Å². The van der Waals surface area contributed by atoms with Crippen LogP contribution in [-0.2, 0) is 4.74 Å². The standard InChI is InChI=1S/C8H9NO2.C6H6.2C2H6/c1-11-8(10)9-7-5-3-2-4-6-7;1-2-4-6-5-3-1;2*1-2/h2-6H,1H3,(H,9,10);1-6H;2*1-2H3. The van der Waals surface area contributed by atoms with E-state index in [2.05, 4.69) is 10.1 Å². The van der Waals surface area contributed by atoms with Gasteiger partial charge in [-0.1, -0.05) is 82.3 Å². The van der Waals surface area contributed by atoms with Gasteiger partial charge < -0.3 is 4.74 Å². The van der Waals surface area contributed by atoms with Crippen LogP contribution in [0.15, 0.2) is 66.7 Å². The molecular formula is C18H27NO2. The van der Waals surface area contributed by atoms with E-state index in [4.69, 9.17) is 0 Å². The van der Waals surface area contributed by atoms with E-state index in [0.29, 0.717) is 0 Å². The maximum atomic E-state index is 10.6. The lowest BCUT2D eigenvalue weighted by atomic mass is 10.3. The van der Waals surface area contributed by atoms with Gasteiger partial charge in [-0.2, -0.15) is 0 Å². The average molecular weight is 289 g/mol. The molecule has 0 aliphatic rings. The Labute approximate surface area is 129 Å². The molecule has 0 fully saturated rings. The topological polar surface area (TPSA) is 38.3 Å². The number of benzene rings is 2. The number of rotatable bonds is 1. The smallest absolute Gasteiger partial charge is 0.411 e. The zero-order valence-corrected chi connectivity index (χ0v) is 13.7. The molecule has 3 nitrogen and oxygen atoms in total. The number of hydrogen-bond acceptors (Lipinski definition) is 2. The second kappa shape index (κ2) is 17.7. The fourth-order valence-electron chi connectivity index (χ4n) is 1.08. The van der Waals surface area contributed by atoms with Crippen LogP contribution in [0.1, 0.15) is 27.7 Å². The molecule has 0 saturated carbocycles. The number of amides is 1. The van der Waals surface area contributed by atoms with Crippen molar-refractivity contribution in [2.24, 2.45) is 0 Å². The third-order valence-electron chi connectivity index (χ3n) is 1.87. The third-order valence-corrected chi connectivity index (χ3v) is 1.87. The van der Waals surface area contributed by atoms with E-state index < -0.39 is 6.09 Å². The van der Waals surface area contributed by atoms with E-state index in [9.17, 15) is 4.79 Å². The van der Waals surface area contributed by atoms with Crippen LogP contribution in [0.2, 0.25) is 0 Å². The van der Waals surface area contributed by atoms with Crippen molar-refractivity contribution in [2.45, 2.75) is 27.7 Å². The Morgan fingerprint density at radius 2 is 1.10 bits per heavy atom. The van der Waals surface area contributed by atoms with Gasteiger partial charge in [0.15, 0.2) is 0 Å². The van der Waals surface area contributed by atoms with E-state index in [1.165, 1.54) is 7.11 Å². The number of carbonyl (C=O) groups excluding carboxylic acids is 1. The Bertz CT molecular complexity index is 389. The highest BCUT2D eigenvalue weighted by molar-refractivity contribution is 5.84. The van der Waals surface area contributed by atoms with Gasteiger partial charge in [-0.15, -0.1) is 0 Å². The zero-order valence-electron chi connectivity index (χ0n) is 13.7. The van der Waals surface area contributed by atoms with Gasteiger partial charge in [0.1, 0.15) is 0 Å². The molecular weight excluding hydrogens is 262 g/mol. The molecule has 0 bridgehead atoms. The molecule has 0 saturated heterocycles. The molecule has 0 heterocycles. The molecule has 2 aromatic carbocycles. The Morgan fingerprint density at radius 1 is 0.762 bits per heavy atom. The monoisotopic (exact) mass is 289 g/mol. The molecule has 2 aromatic rings. The van der Waals surface area contributed by atoms with E-state index in [1.807, 2.05) is 82.3 Å². The summed E-state index contributed by atoms with van der Waals surface area (Å²) < 4.78 is 4.40. The zero-order chi connectivity index (χ0) is 16.3. The van der Waals surface area contributed by atoms with Crippen LogP contribution in [0.3, 0.4) is 0 Å². The molecule has 0 spiro atoms. The number of anilines is 1. The number of para-hydroxylation sites is 1. The van der Waals surface area contributed by atoms with E-state index in [0.717, 1.165) is 5.69 Å². The van der Waals surface area contributed by atoms with Crippen molar-refractivity contribution in [2.75, 3.05) is 12.4 Å². The number of nitrogens with one attached hydrogen (secondary N) is 1. The molecule has 2 rings (SSSR count). The first kappa shape index (κ1) is 21.0. The van der Waals surface area contributed by atoms with Gasteiger partial charge >= 0.3 is 6.09 Å². The van der Waals surface area contributed by atoms with E-state index in [1.54, 1.807) is 12.1 Å². The van der Waals surface area contributed by atoms with Gasteiger partial charge in [0, 0.05) is 5.69 Å². The third kappa shape index (κ3) is 13.9. The molecule has 0 aliphatic carbocycles. The summed E-state index contributed by atoms with van der Waals surface area (Å²) in [6, 6.07) is 21.1. The number of ether oxygens (including phenoxy) is 1. The van der Waals surface area contributed by atoms with Gasteiger partial charge in [0.25, 0.3) is 0 Å². The Balaban J connectivity index is 0. The Kier molecular flexibility index (Phi) is 17.7. The normalized spacial score (nSPS) is 7.48. The fraction of sp³-hybridized carbons (Fsp3) is 0.278. The molecule has 0 aromatic heterocycles. The van der Waals surface area contributed by atoms with E-state index >= 15 is 0 Å². The van der Waals surface area contributed by atoms with Crippen LogP contribution in [-0.4, -0.2) is 13.2 Å². The molecule has 3 heteroatoms. The second-order valence-corrected chi connectivity index (χ2v) is 3.14. The maximum Gasteiger partial charge on any atom is 0.411 e. The highest BCUT2D eigenvalue weighted by atomic mass is 16.5. The Hall–Kier alpha value is -2.29. The second-order valence-electron chi connectivity index (χ2n) is 3.14. The van der Waals surface area contributed by atoms with Crippen LogP contribution < -0.4 is 5.32 Å². The first-order valence-electron chi connectivity index (χ1n) is 7.23. The fourth-order valence-corrected chi connectivity index (χ4v) is 1.08. The van der Waals surface area contributed by atoms with Crippen molar-refractivity contribution >= 4 is 11.8 Å². The predicted molar refractivity (Wildman–Crippen MR) is 91.6 cm³/mol. The van der Waals surface area contributed by atoms with Crippen LogP contribution in [0, 0.1) is 0 Å². The van der Waals surface area contributed by atoms with Gasteiger partial charge in [0.05, 0.1) is 7.11 Å². The molecule has 116 valence electrons. The first-order chi connectivity index (χ1) is 10.3. The molecule has 0 aliphatic heterocycles. The lowest BCUT2D eigenvalue weighted by Crippen LogP contribution is -2.10. The van der Waals surface area contributed by atoms with Gasteiger partial charge in [0.2, 0.25) is 0 Å². The van der Waals surface area contributed by atoms with Crippen LogP contribution >= 0.6 is 0 Å². The van der Waals surface area contributed by atoms with Crippen molar-refractivity contribution in [3.63, 3.8) is 0 Å². The van der Waals surface area contributed by atoms with Crippen LogP contribution in [0.4, 0.5) is 10.5 Å². The minimum Gasteiger partial charge on any atom is -0.453 e. The molecule has 0 radical (unpaired) electrons. The summed E-state index contributed by atoms with van der Waals surface area (Å²) in [6.07, 6.45) is -0.448. The summed E-state index contributed by atoms with van der Waals surface area (Å²) >= 11 is 0. The van der Waals surface area contributed by atoms with Crippen molar-refractivity contribution in [3.8, 4) is 0 Å². The van der Waals surface area contributed by atoms with Crippen molar-refractivity contribution in [3.05, 3.63) is 66.7 Å². The summed E-state index contributed by atoms with van der Waals surface area (Å²) in [5.74, 6) is 0. The van der Waals surface area contributed by atoms with Crippen LogP contribution in [0.5, 0.6) is 0 Å². The molecule has 1 amide bonds. The molecule has 0 atom stereocenters. The maximum absolute atomic E-state index is 10.6. The molecule has 0 unspecified atom stereocenters. The summed E-state index contributed by atoms with van der Waals surface area (Å²) in [5, 5.41) is 2.53. The number of methoxy groups -OCH3 is 1. The van der Waals surface area contributed by atoms with Crippen molar-refractivity contribution in [1.29, 1.82) is 0 Å². The highest BCUT2D eigenvalue weighted by Gasteiger charge is 1.96. The predicted octanol–water partition coefficient (Wildman–Crippen LogP) is 5.60. The van der Waals surface area contributed by atoms with Crippen molar-refractivity contribution < 1.29 is 9.53 Å². The number of carbonyl (C=O) groups is 1. The summed E-state index contributed by atoms with van der Waals surface area (Å²) in [4.78, 5) is 10.6. The summed E-state index contributed by atoms with van der Waals surface area (Å²) in [7, 11) is 1.33. The average Bonchev–Trinajstić information content (AvgIpc) is 2.61. The Morgan fingerprint density at radius 3 is 1.43 bits per heavy atom. The summed E-state index contributed by atoms with van der Waals surface area (Å²) in [5.41, 5.74) is 0.736. The molecule has 21 heavy (non-hydrogen) atoms. The van der Waals surface area contributed by atoms with E-state index in [-0.39, 0.29) is 0 Å². The lowest BCUT2D eigenvalue weighted by molar-refractivity contribution is 0.187. The highest BCUT2D eigenvalue weighted by Crippen LogP contribution is 2.04. The first-order valence-corrected chi connectivity index (χ1v) is 7.23. The van der Waals surface area contributed by atoms with Gasteiger partial charge in [-0.3, -0.25) is 5.32 Å². The minimum absolute atomic E-state index is 0.448. The van der Waals surface area contributed by atoms with Gasteiger partial charge in [-0.05, 0) is 12.1 Å².